The first-order valence-electron chi connectivity index (χ1n) is 8.54. The predicted octanol–water partition coefficient (Wildman–Crippen LogP) is 2.79. The summed E-state index contributed by atoms with van der Waals surface area (Å²) in [6.07, 6.45) is 1.05. The van der Waals surface area contributed by atoms with Crippen molar-refractivity contribution >= 4 is 51.8 Å². The highest BCUT2D eigenvalue weighted by molar-refractivity contribution is 14.0. The minimum atomic E-state index is -0.0288. The number of benzene rings is 1. The molecule has 1 saturated heterocycles. The molecule has 2 unspecified atom stereocenters. The Hall–Kier alpha value is -0.870. The highest BCUT2D eigenvalue weighted by Gasteiger charge is 2.17. The van der Waals surface area contributed by atoms with E-state index in [0.717, 1.165) is 36.2 Å². The number of rotatable bonds is 6. The molecule has 1 aliphatic heterocycles. The van der Waals surface area contributed by atoms with E-state index in [9.17, 15) is 4.79 Å². The fourth-order valence-corrected chi connectivity index (χ4v) is 3.16. The molecule has 0 saturated carbocycles. The third-order valence-corrected chi connectivity index (χ3v) is 4.90. The average molecular weight is 539 g/mol. The van der Waals surface area contributed by atoms with E-state index in [-0.39, 0.29) is 42.5 Å². The Labute approximate surface area is 181 Å². The van der Waals surface area contributed by atoms with Gasteiger partial charge in [-0.2, -0.15) is 0 Å². The summed E-state index contributed by atoms with van der Waals surface area (Å²) in [5.41, 5.74) is 1.14. The molecule has 0 radical (unpaired) electrons. The van der Waals surface area contributed by atoms with E-state index in [0.29, 0.717) is 11.9 Å². The number of amides is 1. The first-order chi connectivity index (χ1) is 12.0. The Morgan fingerprint density at radius 2 is 2.15 bits per heavy atom. The zero-order valence-electron chi connectivity index (χ0n) is 15.5. The summed E-state index contributed by atoms with van der Waals surface area (Å²) in [6, 6.07) is 8.13. The highest BCUT2D eigenvalue weighted by Crippen LogP contribution is 2.22. The Bertz CT molecular complexity index is 607. The van der Waals surface area contributed by atoms with Crippen LogP contribution < -0.4 is 10.6 Å². The van der Waals surface area contributed by atoms with Crippen molar-refractivity contribution in [1.29, 1.82) is 0 Å². The lowest BCUT2D eigenvalue weighted by atomic mass is 10.1. The maximum absolute atomic E-state index is 11.9. The maximum atomic E-state index is 11.9. The van der Waals surface area contributed by atoms with Crippen LogP contribution in [0.4, 0.5) is 0 Å². The van der Waals surface area contributed by atoms with Crippen LogP contribution in [0.5, 0.6) is 0 Å². The first kappa shape index (κ1) is 23.2. The zero-order chi connectivity index (χ0) is 18.2. The summed E-state index contributed by atoms with van der Waals surface area (Å²) in [7, 11) is 3.47. The van der Waals surface area contributed by atoms with Crippen molar-refractivity contribution < 1.29 is 9.53 Å². The topological polar surface area (TPSA) is 66.0 Å². The molecule has 1 amide bonds. The van der Waals surface area contributed by atoms with E-state index in [1.165, 1.54) is 0 Å². The molecule has 0 spiro atoms. The minimum Gasteiger partial charge on any atom is -0.381 e. The van der Waals surface area contributed by atoms with Crippen LogP contribution in [-0.2, 0) is 9.53 Å². The van der Waals surface area contributed by atoms with Gasteiger partial charge in [0.05, 0.1) is 12.6 Å². The number of halogens is 2. The predicted molar refractivity (Wildman–Crippen MR) is 119 cm³/mol. The van der Waals surface area contributed by atoms with Crippen molar-refractivity contribution in [3.05, 3.63) is 34.3 Å². The van der Waals surface area contributed by atoms with Gasteiger partial charge in [-0.3, -0.25) is 4.79 Å². The molecular weight excluding hydrogens is 511 g/mol. The molecule has 2 atom stereocenters. The smallest absolute Gasteiger partial charge is 0.243 e. The number of aliphatic imine (C=N–C) groups is 1. The van der Waals surface area contributed by atoms with Gasteiger partial charge in [-0.25, -0.2) is 4.99 Å². The molecule has 1 aromatic rings. The number of hydrogen-bond acceptors (Lipinski definition) is 3. The minimum absolute atomic E-state index is 0. The largest absolute Gasteiger partial charge is 0.381 e. The molecule has 0 aliphatic carbocycles. The zero-order valence-corrected chi connectivity index (χ0v) is 19.4. The van der Waals surface area contributed by atoms with Crippen LogP contribution in [0.1, 0.15) is 24.9 Å². The van der Waals surface area contributed by atoms with Crippen LogP contribution in [0.3, 0.4) is 0 Å². The molecule has 0 aromatic heterocycles. The second-order valence-corrected chi connectivity index (χ2v) is 7.31. The number of nitrogens with one attached hydrogen (secondary N) is 2. The van der Waals surface area contributed by atoms with Crippen molar-refractivity contribution in [2.75, 3.05) is 40.4 Å². The van der Waals surface area contributed by atoms with E-state index in [4.69, 9.17) is 4.74 Å². The maximum Gasteiger partial charge on any atom is 0.243 e. The summed E-state index contributed by atoms with van der Waals surface area (Å²) >= 11 is 3.58. The van der Waals surface area contributed by atoms with Crippen molar-refractivity contribution in [2.45, 2.75) is 19.4 Å². The lowest BCUT2D eigenvalue weighted by Gasteiger charge is -2.21. The fourth-order valence-electron chi connectivity index (χ4n) is 2.54. The molecular formula is C18H28BrIN4O2. The third-order valence-electron chi connectivity index (χ3n) is 4.18. The van der Waals surface area contributed by atoms with Gasteiger partial charge in [-0.15, -0.1) is 24.0 Å². The number of likely N-dealkylation sites (N-methyl/N-ethyl adjacent to an activating group) is 1. The Morgan fingerprint density at radius 3 is 2.77 bits per heavy atom. The Balaban J connectivity index is 0.00000338. The molecule has 1 aliphatic rings. The number of carbonyl (C=O) groups is 1. The average Bonchev–Trinajstić information content (AvgIpc) is 3.10. The van der Waals surface area contributed by atoms with Gasteiger partial charge in [0.15, 0.2) is 5.96 Å². The molecule has 1 aromatic carbocycles. The monoisotopic (exact) mass is 538 g/mol. The van der Waals surface area contributed by atoms with Crippen LogP contribution in [-0.4, -0.2) is 57.2 Å². The lowest BCUT2D eigenvalue weighted by molar-refractivity contribution is -0.127. The SMILES string of the molecule is CC(NC(=NCC(=O)N(C)C)NCC1CCOC1)c1ccccc1Br.I. The standard InChI is InChI=1S/C18H27BrN4O2.HI/c1-13(15-6-4-5-7-16(15)19)22-18(21-11-17(24)23(2)3)20-10-14-8-9-25-12-14;/h4-7,13-14H,8-12H2,1-3H3,(H2,20,21,22);1H. The van der Waals surface area contributed by atoms with E-state index in [1.807, 2.05) is 18.2 Å². The third kappa shape index (κ3) is 7.40. The lowest BCUT2D eigenvalue weighted by Crippen LogP contribution is -2.42. The van der Waals surface area contributed by atoms with E-state index < -0.39 is 0 Å². The van der Waals surface area contributed by atoms with Crippen LogP contribution >= 0.6 is 39.9 Å². The number of guanidine groups is 1. The first-order valence-corrected chi connectivity index (χ1v) is 9.34. The van der Waals surface area contributed by atoms with Crippen LogP contribution in [0.25, 0.3) is 0 Å². The van der Waals surface area contributed by atoms with Crippen molar-refractivity contribution in [3.8, 4) is 0 Å². The van der Waals surface area contributed by atoms with E-state index in [1.54, 1.807) is 19.0 Å². The van der Waals surface area contributed by atoms with E-state index in [2.05, 4.69) is 44.5 Å². The van der Waals surface area contributed by atoms with Crippen molar-refractivity contribution in [2.24, 2.45) is 10.9 Å². The molecule has 1 heterocycles. The number of hydrogen-bond donors (Lipinski definition) is 2. The molecule has 2 N–H and O–H groups in total. The van der Waals surface area contributed by atoms with Gasteiger partial charge in [-0.05, 0) is 25.0 Å². The van der Waals surface area contributed by atoms with Gasteiger partial charge in [-0.1, -0.05) is 34.1 Å². The Morgan fingerprint density at radius 1 is 1.42 bits per heavy atom. The van der Waals surface area contributed by atoms with Gasteiger partial charge in [0.25, 0.3) is 0 Å². The Kier molecular flexibility index (Phi) is 10.5. The molecule has 0 bridgehead atoms. The molecule has 146 valence electrons. The molecule has 2 rings (SSSR count). The van der Waals surface area contributed by atoms with Gasteiger partial charge in [0, 0.05) is 37.6 Å². The van der Waals surface area contributed by atoms with Crippen LogP contribution in [0.2, 0.25) is 0 Å². The molecule has 6 nitrogen and oxygen atoms in total. The van der Waals surface area contributed by atoms with Crippen LogP contribution in [0, 0.1) is 5.92 Å². The van der Waals surface area contributed by atoms with Crippen LogP contribution in [0.15, 0.2) is 33.7 Å². The second-order valence-electron chi connectivity index (χ2n) is 6.45. The fraction of sp³-hybridized carbons (Fsp3) is 0.556. The summed E-state index contributed by atoms with van der Waals surface area (Å²) in [5.74, 6) is 1.10. The molecule has 8 heteroatoms. The second kappa shape index (κ2) is 11.8. The molecule has 1 fully saturated rings. The number of carbonyl (C=O) groups excluding carboxylic acids is 1. The summed E-state index contributed by atoms with van der Waals surface area (Å²) in [4.78, 5) is 17.8. The van der Waals surface area contributed by atoms with Gasteiger partial charge in [0.2, 0.25) is 5.91 Å². The van der Waals surface area contributed by atoms with Gasteiger partial charge >= 0.3 is 0 Å². The van der Waals surface area contributed by atoms with Crippen molar-refractivity contribution in [3.63, 3.8) is 0 Å². The van der Waals surface area contributed by atoms with Gasteiger partial charge in [0.1, 0.15) is 6.54 Å². The number of nitrogens with zero attached hydrogens (tertiary/aromatic N) is 2. The van der Waals surface area contributed by atoms with E-state index >= 15 is 0 Å². The summed E-state index contributed by atoms with van der Waals surface area (Å²) in [5, 5.41) is 6.74. The molecule has 26 heavy (non-hydrogen) atoms. The normalized spacial score (nSPS) is 18.0. The van der Waals surface area contributed by atoms with Crippen molar-refractivity contribution in [1.82, 2.24) is 15.5 Å². The number of ether oxygens (including phenoxy) is 1. The quantitative estimate of drug-likeness (QED) is 0.332. The highest BCUT2D eigenvalue weighted by atomic mass is 127. The van der Waals surface area contributed by atoms with Gasteiger partial charge < -0.3 is 20.3 Å². The summed E-state index contributed by atoms with van der Waals surface area (Å²) in [6.45, 7) is 4.57. The summed E-state index contributed by atoms with van der Waals surface area (Å²) < 4.78 is 6.46.